The number of esters is 1. The molecule has 1 amide bonds. The van der Waals surface area contributed by atoms with Gasteiger partial charge in [0.15, 0.2) is 0 Å². The Hall–Kier alpha value is -2.04. The van der Waals surface area contributed by atoms with Crippen molar-refractivity contribution < 1.29 is 14.3 Å². The number of ether oxygens (including phenoxy) is 1. The summed E-state index contributed by atoms with van der Waals surface area (Å²) in [7, 11) is 1.32. The molecule has 0 radical (unpaired) electrons. The number of carbonyl (C=O) groups excluding carboxylic acids is 2. The number of anilines is 1. The zero-order valence-electron chi connectivity index (χ0n) is 8.32. The van der Waals surface area contributed by atoms with E-state index in [2.05, 4.69) is 10.1 Å². The van der Waals surface area contributed by atoms with Crippen molar-refractivity contribution >= 4 is 17.6 Å². The number of carbonyl (C=O) groups is 2. The predicted molar refractivity (Wildman–Crippen MR) is 55.5 cm³/mol. The van der Waals surface area contributed by atoms with Crippen LogP contribution in [0.5, 0.6) is 0 Å². The fraction of sp³-hybridized carbons (Fsp3) is 0.200. The number of rotatable bonds is 4. The van der Waals surface area contributed by atoms with Crippen molar-refractivity contribution in [1.82, 2.24) is 0 Å². The van der Waals surface area contributed by atoms with Gasteiger partial charge in [0.05, 0.1) is 7.11 Å². The number of nitrogens with one attached hydrogen (secondary N) is 1. The quantitative estimate of drug-likeness (QED) is 0.700. The van der Waals surface area contributed by atoms with Crippen molar-refractivity contribution in [1.29, 1.82) is 0 Å². The van der Waals surface area contributed by atoms with Crippen molar-refractivity contribution in [3.8, 4) is 0 Å². The SMILES string of the molecule is COC(=O)CNc1ccc(C(N)=O)cc1. The van der Waals surface area contributed by atoms with Gasteiger partial charge in [0, 0.05) is 11.3 Å². The molecule has 0 unspecified atom stereocenters. The molecule has 0 bridgehead atoms. The fourth-order valence-corrected chi connectivity index (χ4v) is 0.999. The average molecular weight is 208 g/mol. The summed E-state index contributed by atoms with van der Waals surface area (Å²) in [4.78, 5) is 21.6. The minimum Gasteiger partial charge on any atom is -0.468 e. The first-order valence-corrected chi connectivity index (χ1v) is 4.34. The van der Waals surface area contributed by atoms with Crippen LogP contribution in [0.4, 0.5) is 5.69 Å². The van der Waals surface area contributed by atoms with Crippen molar-refractivity contribution in [2.75, 3.05) is 19.0 Å². The van der Waals surface area contributed by atoms with E-state index in [-0.39, 0.29) is 12.5 Å². The lowest BCUT2D eigenvalue weighted by Gasteiger charge is -2.04. The van der Waals surface area contributed by atoms with Crippen molar-refractivity contribution in [2.45, 2.75) is 0 Å². The average Bonchev–Trinajstić information content (AvgIpc) is 2.26. The van der Waals surface area contributed by atoms with Gasteiger partial charge in [0.25, 0.3) is 0 Å². The van der Waals surface area contributed by atoms with E-state index >= 15 is 0 Å². The largest absolute Gasteiger partial charge is 0.468 e. The fourth-order valence-electron chi connectivity index (χ4n) is 0.999. The number of primary amides is 1. The van der Waals surface area contributed by atoms with Crippen LogP contribution in [0, 0.1) is 0 Å². The Morgan fingerprint density at radius 3 is 2.40 bits per heavy atom. The Bertz CT molecular complexity index is 359. The minimum absolute atomic E-state index is 0.0897. The highest BCUT2D eigenvalue weighted by atomic mass is 16.5. The van der Waals surface area contributed by atoms with Gasteiger partial charge in [0.1, 0.15) is 6.54 Å². The smallest absolute Gasteiger partial charge is 0.325 e. The van der Waals surface area contributed by atoms with Crippen LogP contribution in [0.3, 0.4) is 0 Å². The molecule has 1 aromatic rings. The van der Waals surface area contributed by atoms with Crippen LogP contribution in [-0.2, 0) is 9.53 Å². The summed E-state index contributed by atoms with van der Waals surface area (Å²) in [5.41, 5.74) is 6.23. The summed E-state index contributed by atoms with van der Waals surface area (Å²) in [6.07, 6.45) is 0. The summed E-state index contributed by atoms with van der Waals surface area (Å²) >= 11 is 0. The molecule has 5 heteroatoms. The first kappa shape index (κ1) is 11.0. The molecule has 0 aliphatic carbocycles. The number of methoxy groups -OCH3 is 1. The lowest BCUT2D eigenvalue weighted by molar-refractivity contribution is -0.138. The third-order valence-corrected chi connectivity index (χ3v) is 1.83. The summed E-state index contributed by atoms with van der Waals surface area (Å²) < 4.78 is 4.46. The minimum atomic E-state index is -0.477. The number of nitrogens with two attached hydrogens (primary N) is 1. The van der Waals surface area contributed by atoms with Crippen LogP contribution in [0.2, 0.25) is 0 Å². The van der Waals surface area contributed by atoms with Crippen LogP contribution in [0.15, 0.2) is 24.3 Å². The topological polar surface area (TPSA) is 81.4 Å². The van der Waals surface area contributed by atoms with E-state index in [0.717, 1.165) is 5.69 Å². The molecule has 1 rings (SSSR count). The van der Waals surface area contributed by atoms with Crippen molar-refractivity contribution in [3.05, 3.63) is 29.8 Å². The molecule has 0 spiro atoms. The van der Waals surface area contributed by atoms with E-state index in [4.69, 9.17) is 5.73 Å². The van der Waals surface area contributed by atoms with Gasteiger partial charge < -0.3 is 15.8 Å². The van der Waals surface area contributed by atoms with Crippen LogP contribution in [-0.4, -0.2) is 25.5 Å². The molecule has 1 aromatic carbocycles. The summed E-state index contributed by atoms with van der Waals surface area (Å²) in [6, 6.07) is 6.51. The molecule has 0 saturated heterocycles. The van der Waals surface area contributed by atoms with Gasteiger partial charge in [-0.15, -0.1) is 0 Å². The summed E-state index contributed by atoms with van der Waals surface area (Å²) in [6.45, 7) is 0.0897. The Balaban J connectivity index is 2.57. The van der Waals surface area contributed by atoms with E-state index in [9.17, 15) is 9.59 Å². The Labute approximate surface area is 87.2 Å². The van der Waals surface area contributed by atoms with E-state index < -0.39 is 5.91 Å². The molecule has 3 N–H and O–H groups in total. The van der Waals surface area contributed by atoms with E-state index in [0.29, 0.717) is 5.56 Å². The molecule has 15 heavy (non-hydrogen) atoms. The number of amides is 1. The molecule has 0 saturated carbocycles. The second-order valence-corrected chi connectivity index (χ2v) is 2.87. The van der Waals surface area contributed by atoms with E-state index in [1.54, 1.807) is 24.3 Å². The predicted octanol–water partition coefficient (Wildman–Crippen LogP) is 0.370. The Morgan fingerprint density at radius 2 is 1.93 bits per heavy atom. The standard InChI is InChI=1S/C10H12N2O3/c1-15-9(13)6-12-8-4-2-7(3-5-8)10(11)14/h2-5,12H,6H2,1H3,(H2,11,14). The summed E-state index contributed by atoms with van der Waals surface area (Å²) in [5, 5.41) is 2.83. The normalized spacial score (nSPS) is 9.40. The first-order chi connectivity index (χ1) is 7.13. The number of benzene rings is 1. The molecule has 0 heterocycles. The highest BCUT2D eigenvalue weighted by Crippen LogP contribution is 2.08. The molecule has 0 aliphatic heterocycles. The Kier molecular flexibility index (Phi) is 3.68. The Morgan fingerprint density at radius 1 is 1.33 bits per heavy atom. The monoisotopic (exact) mass is 208 g/mol. The zero-order chi connectivity index (χ0) is 11.3. The highest BCUT2D eigenvalue weighted by molar-refractivity contribution is 5.93. The van der Waals surface area contributed by atoms with Crippen LogP contribution >= 0.6 is 0 Å². The lowest BCUT2D eigenvalue weighted by atomic mass is 10.2. The van der Waals surface area contributed by atoms with Gasteiger partial charge in [0.2, 0.25) is 5.91 Å². The maximum Gasteiger partial charge on any atom is 0.325 e. The maximum absolute atomic E-state index is 10.8. The van der Waals surface area contributed by atoms with Gasteiger partial charge in [-0.05, 0) is 24.3 Å². The molecule has 0 aromatic heterocycles. The van der Waals surface area contributed by atoms with Crippen molar-refractivity contribution in [2.24, 2.45) is 5.73 Å². The van der Waals surface area contributed by atoms with Gasteiger partial charge in [-0.1, -0.05) is 0 Å². The lowest BCUT2D eigenvalue weighted by Crippen LogP contribution is -2.15. The molecule has 0 atom stereocenters. The molecule has 5 nitrogen and oxygen atoms in total. The van der Waals surface area contributed by atoms with Gasteiger partial charge in [-0.25, -0.2) is 0 Å². The molecular formula is C10H12N2O3. The zero-order valence-corrected chi connectivity index (χ0v) is 8.32. The molecular weight excluding hydrogens is 196 g/mol. The second kappa shape index (κ2) is 4.99. The van der Waals surface area contributed by atoms with Crippen molar-refractivity contribution in [3.63, 3.8) is 0 Å². The number of hydrogen-bond acceptors (Lipinski definition) is 4. The van der Waals surface area contributed by atoms with Gasteiger partial charge >= 0.3 is 5.97 Å². The maximum atomic E-state index is 10.8. The summed E-state index contributed by atoms with van der Waals surface area (Å²) in [5.74, 6) is -0.830. The van der Waals surface area contributed by atoms with Crippen LogP contribution in [0.25, 0.3) is 0 Å². The molecule has 0 fully saturated rings. The van der Waals surface area contributed by atoms with Crippen LogP contribution < -0.4 is 11.1 Å². The van der Waals surface area contributed by atoms with Crippen LogP contribution in [0.1, 0.15) is 10.4 Å². The van der Waals surface area contributed by atoms with E-state index in [1.807, 2.05) is 0 Å². The second-order valence-electron chi connectivity index (χ2n) is 2.87. The first-order valence-electron chi connectivity index (χ1n) is 4.34. The third-order valence-electron chi connectivity index (χ3n) is 1.83. The van der Waals surface area contributed by atoms with E-state index in [1.165, 1.54) is 7.11 Å². The molecule has 0 aliphatic rings. The van der Waals surface area contributed by atoms with Gasteiger partial charge in [-0.2, -0.15) is 0 Å². The third kappa shape index (κ3) is 3.30. The highest BCUT2D eigenvalue weighted by Gasteiger charge is 2.01. The van der Waals surface area contributed by atoms with Gasteiger partial charge in [-0.3, -0.25) is 9.59 Å². The molecule has 80 valence electrons. The number of hydrogen-bond donors (Lipinski definition) is 2.